The second kappa shape index (κ2) is 4.56. The zero-order valence-corrected chi connectivity index (χ0v) is 9.60. The number of benzene rings is 1. The standard InChI is InChI=1S/C13H16O3/c1-9(2)15-13(14)12-8-7-10-5-3-4-6-11(10)16-12/h3-6,9,12H,7-8H2,1-2H3/t12-/m1/s1. The van der Waals surface area contributed by atoms with Gasteiger partial charge in [0.1, 0.15) is 5.75 Å². The zero-order valence-electron chi connectivity index (χ0n) is 9.60. The molecule has 0 bridgehead atoms. The topological polar surface area (TPSA) is 35.5 Å². The van der Waals surface area contributed by atoms with Crippen molar-refractivity contribution in [2.45, 2.75) is 38.9 Å². The fraction of sp³-hybridized carbons (Fsp3) is 0.462. The van der Waals surface area contributed by atoms with E-state index >= 15 is 0 Å². The van der Waals surface area contributed by atoms with Gasteiger partial charge in [0.15, 0.2) is 6.10 Å². The van der Waals surface area contributed by atoms with Gasteiger partial charge in [0.2, 0.25) is 0 Å². The summed E-state index contributed by atoms with van der Waals surface area (Å²) >= 11 is 0. The molecule has 1 atom stereocenters. The maximum atomic E-state index is 11.7. The van der Waals surface area contributed by atoms with Gasteiger partial charge in [0, 0.05) is 0 Å². The third kappa shape index (κ3) is 2.35. The molecule has 3 heteroatoms. The van der Waals surface area contributed by atoms with Crippen molar-refractivity contribution in [1.29, 1.82) is 0 Å². The molecule has 1 aromatic carbocycles. The third-order valence-electron chi connectivity index (χ3n) is 2.53. The number of hydrogen-bond acceptors (Lipinski definition) is 3. The van der Waals surface area contributed by atoms with E-state index in [0.717, 1.165) is 17.7 Å². The highest BCUT2D eigenvalue weighted by Gasteiger charge is 2.27. The van der Waals surface area contributed by atoms with E-state index in [1.54, 1.807) is 0 Å². The molecule has 2 rings (SSSR count). The van der Waals surface area contributed by atoms with Gasteiger partial charge in [0.05, 0.1) is 6.10 Å². The Bertz CT molecular complexity index is 385. The lowest BCUT2D eigenvalue weighted by molar-refractivity contribution is -0.156. The minimum absolute atomic E-state index is 0.0896. The van der Waals surface area contributed by atoms with E-state index < -0.39 is 6.10 Å². The maximum absolute atomic E-state index is 11.7. The highest BCUT2D eigenvalue weighted by molar-refractivity contribution is 5.75. The Morgan fingerprint density at radius 1 is 1.44 bits per heavy atom. The number of aryl methyl sites for hydroxylation is 1. The van der Waals surface area contributed by atoms with Crippen LogP contribution in [0.3, 0.4) is 0 Å². The van der Waals surface area contributed by atoms with E-state index in [-0.39, 0.29) is 12.1 Å². The highest BCUT2D eigenvalue weighted by atomic mass is 16.6. The first-order chi connectivity index (χ1) is 7.66. The van der Waals surface area contributed by atoms with Crippen molar-refractivity contribution >= 4 is 5.97 Å². The van der Waals surface area contributed by atoms with Gasteiger partial charge in [-0.25, -0.2) is 4.79 Å². The Labute approximate surface area is 95.4 Å². The summed E-state index contributed by atoms with van der Waals surface area (Å²) in [6.07, 6.45) is 1.03. The molecular weight excluding hydrogens is 204 g/mol. The minimum Gasteiger partial charge on any atom is -0.478 e. The van der Waals surface area contributed by atoms with Gasteiger partial charge >= 0.3 is 5.97 Å². The molecule has 0 spiro atoms. The lowest BCUT2D eigenvalue weighted by Gasteiger charge is -2.25. The molecule has 0 aliphatic carbocycles. The average Bonchev–Trinajstić information content (AvgIpc) is 2.27. The number of hydrogen-bond donors (Lipinski definition) is 0. The molecule has 0 amide bonds. The SMILES string of the molecule is CC(C)OC(=O)[C@H]1CCc2ccccc2O1. The molecule has 86 valence electrons. The van der Waals surface area contributed by atoms with Crippen LogP contribution in [0.4, 0.5) is 0 Å². The van der Waals surface area contributed by atoms with Crippen molar-refractivity contribution < 1.29 is 14.3 Å². The average molecular weight is 220 g/mol. The lowest BCUT2D eigenvalue weighted by atomic mass is 10.0. The maximum Gasteiger partial charge on any atom is 0.347 e. The zero-order chi connectivity index (χ0) is 11.5. The number of ether oxygens (including phenoxy) is 2. The first-order valence-corrected chi connectivity index (χ1v) is 5.62. The van der Waals surface area contributed by atoms with E-state index in [1.165, 1.54) is 0 Å². The molecule has 0 saturated carbocycles. The van der Waals surface area contributed by atoms with Crippen LogP contribution < -0.4 is 4.74 Å². The first kappa shape index (κ1) is 11.0. The molecule has 0 saturated heterocycles. The lowest BCUT2D eigenvalue weighted by Crippen LogP contribution is -2.34. The fourth-order valence-corrected chi connectivity index (χ4v) is 1.80. The number of rotatable bonds is 2. The van der Waals surface area contributed by atoms with Gasteiger partial charge in [-0.15, -0.1) is 0 Å². The number of para-hydroxylation sites is 1. The number of fused-ring (bicyclic) bond motifs is 1. The summed E-state index contributed by atoms with van der Waals surface area (Å²) in [5.41, 5.74) is 1.16. The molecule has 0 N–H and O–H groups in total. The van der Waals surface area contributed by atoms with Crippen molar-refractivity contribution in [3.63, 3.8) is 0 Å². The van der Waals surface area contributed by atoms with Crippen molar-refractivity contribution in [3.8, 4) is 5.75 Å². The van der Waals surface area contributed by atoms with Gasteiger partial charge in [0.25, 0.3) is 0 Å². The summed E-state index contributed by atoms with van der Waals surface area (Å²) in [4.78, 5) is 11.7. The van der Waals surface area contributed by atoms with E-state index in [1.807, 2.05) is 38.1 Å². The second-order valence-corrected chi connectivity index (χ2v) is 4.24. The van der Waals surface area contributed by atoms with E-state index in [2.05, 4.69) is 0 Å². The van der Waals surface area contributed by atoms with Crippen LogP contribution in [0, 0.1) is 0 Å². The van der Waals surface area contributed by atoms with Crippen molar-refractivity contribution in [3.05, 3.63) is 29.8 Å². The van der Waals surface area contributed by atoms with Gasteiger partial charge < -0.3 is 9.47 Å². The van der Waals surface area contributed by atoms with E-state index in [4.69, 9.17) is 9.47 Å². The van der Waals surface area contributed by atoms with Gasteiger partial charge in [-0.1, -0.05) is 18.2 Å². The Morgan fingerprint density at radius 2 is 2.19 bits per heavy atom. The summed E-state index contributed by atoms with van der Waals surface area (Å²) in [5, 5.41) is 0. The first-order valence-electron chi connectivity index (χ1n) is 5.62. The summed E-state index contributed by atoms with van der Waals surface area (Å²) in [6.45, 7) is 3.68. The molecule has 16 heavy (non-hydrogen) atoms. The third-order valence-corrected chi connectivity index (χ3v) is 2.53. The van der Waals surface area contributed by atoms with Crippen LogP contribution in [0.15, 0.2) is 24.3 Å². The Hall–Kier alpha value is -1.51. The van der Waals surface area contributed by atoms with Crippen LogP contribution in [0.2, 0.25) is 0 Å². The Balaban J connectivity index is 2.05. The summed E-state index contributed by atoms with van der Waals surface area (Å²) < 4.78 is 10.8. The molecule has 1 aliphatic rings. The van der Waals surface area contributed by atoms with Crippen LogP contribution in [-0.2, 0) is 16.0 Å². The molecule has 1 heterocycles. The molecule has 0 fully saturated rings. The smallest absolute Gasteiger partial charge is 0.347 e. The number of carbonyl (C=O) groups is 1. The molecule has 0 unspecified atom stereocenters. The minimum atomic E-state index is -0.447. The van der Waals surface area contributed by atoms with Gasteiger partial charge in [-0.3, -0.25) is 0 Å². The summed E-state index contributed by atoms with van der Waals surface area (Å²) in [5.74, 6) is 0.545. The van der Waals surface area contributed by atoms with Crippen molar-refractivity contribution in [2.75, 3.05) is 0 Å². The highest BCUT2D eigenvalue weighted by Crippen LogP contribution is 2.27. The van der Waals surface area contributed by atoms with E-state index in [0.29, 0.717) is 6.42 Å². The largest absolute Gasteiger partial charge is 0.478 e. The van der Waals surface area contributed by atoms with Crippen molar-refractivity contribution in [1.82, 2.24) is 0 Å². The fourth-order valence-electron chi connectivity index (χ4n) is 1.80. The second-order valence-electron chi connectivity index (χ2n) is 4.24. The molecule has 1 aromatic rings. The van der Waals surface area contributed by atoms with Crippen molar-refractivity contribution in [2.24, 2.45) is 0 Å². The van der Waals surface area contributed by atoms with Crippen LogP contribution in [0.5, 0.6) is 5.75 Å². The normalized spacial score (nSPS) is 18.8. The van der Waals surface area contributed by atoms with Gasteiger partial charge in [-0.05, 0) is 38.3 Å². The predicted molar refractivity (Wildman–Crippen MR) is 60.4 cm³/mol. The number of carbonyl (C=O) groups excluding carboxylic acids is 1. The van der Waals surface area contributed by atoms with E-state index in [9.17, 15) is 4.79 Å². The summed E-state index contributed by atoms with van der Waals surface area (Å²) in [7, 11) is 0. The predicted octanol–water partition coefficient (Wildman–Crippen LogP) is 2.33. The Kier molecular flexibility index (Phi) is 3.13. The van der Waals surface area contributed by atoms with Crippen LogP contribution >= 0.6 is 0 Å². The van der Waals surface area contributed by atoms with Crippen LogP contribution in [0.25, 0.3) is 0 Å². The monoisotopic (exact) mass is 220 g/mol. The quantitative estimate of drug-likeness (QED) is 0.717. The molecular formula is C13H16O3. The Morgan fingerprint density at radius 3 is 2.94 bits per heavy atom. The number of esters is 1. The molecule has 1 aliphatic heterocycles. The molecule has 3 nitrogen and oxygen atoms in total. The van der Waals surface area contributed by atoms with Crippen LogP contribution in [-0.4, -0.2) is 18.2 Å². The van der Waals surface area contributed by atoms with Crippen LogP contribution in [0.1, 0.15) is 25.8 Å². The molecule has 0 aromatic heterocycles. The summed E-state index contributed by atoms with van der Waals surface area (Å²) in [6, 6.07) is 7.81. The molecule has 0 radical (unpaired) electrons. The van der Waals surface area contributed by atoms with Gasteiger partial charge in [-0.2, -0.15) is 0 Å².